The van der Waals surface area contributed by atoms with Crippen molar-refractivity contribution in [1.29, 1.82) is 0 Å². The third kappa shape index (κ3) is 5.85. The molecule has 4 rings (SSSR count). The van der Waals surface area contributed by atoms with Crippen LogP contribution in [0.4, 0.5) is 13.2 Å². The summed E-state index contributed by atoms with van der Waals surface area (Å²) in [6.45, 7) is 6.16. The molecule has 4 aromatic carbocycles. The van der Waals surface area contributed by atoms with Gasteiger partial charge in [0.05, 0.1) is 5.56 Å². The lowest BCUT2D eigenvalue weighted by atomic mass is 9.94. The monoisotopic (exact) mass is 482 g/mol. The number of hydrogen-bond donors (Lipinski definition) is 0. The predicted molar refractivity (Wildman–Crippen MR) is 147 cm³/mol. The van der Waals surface area contributed by atoms with E-state index in [1.807, 2.05) is 32.1 Å². The number of allylic oxidation sites excluding steroid dienone is 5. The standard InChI is InChI=1S/C33H29F3/c1-4-6-23(3)25-10-12-26(13-11-25)28-14-15-31-22-29(16-17-30(31)21-28)27(7-5-2)20-24-8-18-32(19-9-24)33(34,35)36/h4-23H,1-3H3/b6-4-,7-5-,27-20+. The summed E-state index contributed by atoms with van der Waals surface area (Å²) in [6, 6.07) is 26.7. The zero-order valence-electron chi connectivity index (χ0n) is 20.7. The van der Waals surface area contributed by atoms with Gasteiger partial charge in [-0.3, -0.25) is 0 Å². The van der Waals surface area contributed by atoms with Gasteiger partial charge in [-0.05, 0) is 94.3 Å². The van der Waals surface area contributed by atoms with Gasteiger partial charge in [0.25, 0.3) is 0 Å². The maximum absolute atomic E-state index is 12.9. The van der Waals surface area contributed by atoms with Crippen LogP contribution >= 0.6 is 0 Å². The van der Waals surface area contributed by atoms with Gasteiger partial charge in [-0.2, -0.15) is 13.2 Å². The Balaban J connectivity index is 1.63. The minimum absolute atomic E-state index is 0.390. The Hall–Kier alpha value is -3.85. The summed E-state index contributed by atoms with van der Waals surface area (Å²) in [5, 5.41) is 2.24. The maximum Gasteiger partial charge on any atom is 0.416 e. The smallest absolute Gasteiger partial charge is 0.166 e. The largest absolute Gasteiger partial charge is 0.416 e. The fourth-order valence-corrected chi connectivity index (χ4v) is 4.34. The highest BCUT2D eigenvalue weighted by atomic mass is 19.4. The molecule has 0 aliphatic heterocycles. The van der Waals surface area contributed by atoms with E-state index in [-0.39, 0.29) is 0 Å². The van der Waals surface area contributed by atoms with E-state index in [0.717, 1.165) is 45.2 Å². The fraction of sp³-hybridized carbons (Fsp3) is 0.152. The molecular weight excluding hydrogens is 453 g/mol. The molecule has 4 aromatic rings. The highest BCUT2D eigenvalue weighted by Gasteiger charge is 2.29. The SMILES string of the molecule is C/C=C\C(=C/c1ccc(C(F)(F)F)cc1)c1ccc2cc(-c3ccc(C(C)/C=C\C)cc3)ccc2c1. The minimum atomic E-state index is -4.33. The Labute approximate surface area is 211 Å². The van der Waals surface area contributed by atoms with Crippen molar-refractivity contribution >= 4 is 22.4 Å². The quantitative estimate of drug-likeness (QED) is 0.146. The lowest BCUT2D eigenvalue weighted by Gasteiger charge is -2.10. The molecule has 182 valence electrons. The molecule has 0 nitrogen and oxygen atoms in total. The maximum atomic E-state index is 12.9. The summed E-state index contributed by atoms with van der Waals surface area (Å²) in [4.78, 5) is 0. The van der Waals surface area contributed by atoms with Crippen LogP contribution in [0.25, 0.3) is 33.5 Å². The molecule has 0 aromatic heterocycles. The second kappa shape index (κ2) is 10.8. The van der Waals surface area contributed by atoms with Crippen LogP contribution in [0.3, 0.4) is 0 Å². The third-order valence-electron chi connectivity index (χ3n) is 6.33. The molecule has 0 N–H and O–H groups in total. The van der Waals surface area contributed by atoms with Gasteiger partial charge < -0.3 is 0 Å². The average molecular weight is 483 g/mol. The summed E-state index contributed by atoms with van der Waals surface area (Å²) >= 11 is 0. The van der Waals surface area contributed by atoms with E-state index in [1.165, 1.54) is 23.3 Å². The summed E-state index contributed by atoms with van der Waals surface area (Å²) in [5.41, 5.74) is 5.65. The normalized spacial score (nSPS) is 13.7. The highest BCUT2D eigenvalue weighted by molar-refractivity contribution is 5.94. The Bertz CT molecular complexity index is 1420. The van der Waals surface area contributed by atoms with E-state index >= 15 is 0 Å². The number of halogens is 3. The fourth-order valence-electron chi connectivity index (χ4n) is 4.34. The van der Waals surface area contributed by atoms with Gasteiger partial charge in [0.15, 0.2) is 0 Å². The number of rotatable bonds is 6. The molecule has 0 heterocycles. The molecule has 0 aliphatic rings. The minimum Gasteiger partial charge on any atom is -0.166 e. The molecule has 0 aliphatic carbocycles. The number of hydrogen-bond acceptors (Lipinski definition) is 0. The zero-order valence-corrected chi connectivity index (χ0v) is 20.7. The van der Waals surface area contributed by atoms with Crippen LogP contribution in [0, 0.1) is 0 Å². The van der Waals surface area contributed by atoms with Crippen LogP contribution < -0.4 is 0 Å². The first-order valence-electron chi connectivity index (χ1n) is 12.1. The summed E-state index contributed by atoms with van der Waals surface area (Å²) in [5.74, 6) is 0.390. The molecule has 0 spiro atoms. The third-order valence-corrected chi connectivity index (χ3v) is 6.33. The van der Waals surface area contributed by atoms with Crippen molar-refractivity contribution < 1.29 is 13.2 Å². The predicted octanol–water partition coefficient (Wildman–Crippen LogP) is 10.3. The van der Waals surface area contributed by atoms with Crippen molar-refractivity contribution in [2.24, 2.45) is 0 Å². The van der Waals surface area contributed by atoms with Crippen molar-refractivity contribution in [1.82, 2.24) is 0 Å². The molecule has 0 saturated heterocycles. The molecule has 0 bridgehead atoms. The van der Waals surface area contributed by atoms with Crippen LogP contribution in [0.1, 0.15) is 48.9 Å². The lowest BCUT2D eigenvalue weighted by molar-refractivity contribution is -0.137. The van der Waals surface area contributed by atoms with Crippen molar-refractivity contribution in [3.63, 3.8) is 0 Å². The lowest BCUT2D eigenvalue weighted by Crippen LogP contribution is -2.03. The van der Waals surface area contributed by atoms with Crippen molar-refractivity contribution in [3.05, 3.63) is 131 Å². The number of fused-ring (bicyclic) bond motifs is 1. The molecule has 0 amide bonds. The molecule has 0 saturated carbocycles. The van der Waals surface area contributed by atoms with Crippen LogP contribution in [0.5, 0.6) is 0 Å². The first kappa shape index (κ1) is 25.2. The van der Waals surface area contributed by atoms with Crippen molar-refractivity contribution in [3.8, 4) is 11.1 Å². The topological polar surface area (TPSA) is 0 Å². The summed E-state index contributed by atoms with van der Waals surface area (Å²) < 4.78 is 38.7. The van der Waals surface area contributed by atoms with E-state index in [4.69, 9.17) is 0 Å². The molecule has 3 heteroatoms. The number of alkyl halides is 3. The number of benzene rings is 4. The van der Waals surface area contributed by atoms with Gasteiger partial charge in [-0.15, -0.1) is 0 Å². The van der Waals surface area contributed by atoms with Crippen molar-refractivity contribution in [2.45, 2.75) is 32.9 Å². The van der Waals surface area contributed by atoms with Crippen LogP contribution in [-0.4, -0.2) is 0 Å². The van der Waals surface area contributed by atoms with Gasteiger partial charge in [0.2, 0.25) is 0 Å². The van der Waals surface area contributed by atoms with Gasteiger partial charge in [0.1, 0.15) is 0 Å². The van der Waals surface area contributed by atoms with Crippen molar-refractivity contribution in [2.75, 3.05) is 0 Å². The molecule has 1 unspecified atom stereocenters. The molecule has 36 heavy (non-hydrogen) atoms. The first-order valence-corrected chi connectivity index (χ1v) is 12.1. The first-order chi connectivity index (χ1) is 17.3. The molecule has 0 radical (unpaired) electrons. The Morgan fingerprint density at radius 1 is 0.722 bits per heavy atom. The van der Waals surface area contributed by atoms with Gasteiger partial charge >= 0.3 is 6.18 Å². The second-order valence-electron chi connectivity index (χ2n) is 8.93. The van der Waals surface area contributed by atoms with E-state index in [0.29, 0.717) is 5.92 Å². The van der Waals surface area contributed by atoms with E-state index in [9.17, 15) is 13.2 Å². The van der Waals surface area contributed by atoms with Gasteiger partial charge in [-0.25, -0.2) is 0 Å². The Morgan fingerprint density at radius 3 is 2.00 bits per heavy atom. The highest BCUT2D eigenvalue weighted by Crippen LogP contribution is 2.31. The second-order valence-corrected chi connectivity index (χ2v) is 8.93. The molecular formula is C33H29F3. The van der Waals surface area contributed by atoms with Crippen LogP contribution in [0.2, 0.25) is 0 Å². The van der Waals surface area contributed by atoms with E-state index in [2.05, 4.69) is 79.7 Å². The van der Waals surface area contributed by atoms with Crippen LogP contribution in [0.15, 0.2) is 109 Å². The molecule has 0 fully saturated rings. The Kier molecular flexibility index (Phi) is 7.59. The summed E-state index contributed by atoms with van der Waals surface area (Å²) in [7, 11) is 0. The average Bonchev–Trinajstić information content (AvgIpc) is 2.88. The van der Waals surface area contributed by atoms with E-state index in [1.54, 1.807) is 0 Å². The molecule has 1 atom stereocenters. The van der Waals surface area contributed by atoms with Gasteiger partial charge in [0, 0.05) is 0 Å². The Morgan fingerprint density at radius 2 is 1.36 bits per heavy atom. The van der Waals surface area contributed by atoms with Crippen LogP contribution in [-0.2, 0) is 6.18 Å². The van der Waals surface area contributed by atoms with E-state index < -0.39 is 11.7 Å². The van der Waals surface area contributed by atoms with Gasteiger partial charge in [-0.1, -0.05) is 91.9 Å². The summed E-state index contributed by atoms with van der Waals surface area (Å²) in [6.07, 6.45) is 5.76. The zero-order chi connectivity index (χ0) is 25.7.